The fraction of sp³-hybridized carbons (Fsp3) is 0.667. The summed E-state index contributed by atoms with van der Waals surface area (Å²) < 4.78 is 12.2. The highest BCUT2D eigenvalue weighted by Gasteiger charge is 2.24. The molecule has 0 N–H and O–H groups in total. The summed E-state index contributed by atoms with van der Waals surface area (Å²) in [4.78, 5) is 0. The van der Waals surface area contributed by atoms with Crippen LogP contribution in [0.25, 0.3) is 0 Å². The maximum absolute atomic E-state index is 6.10. The van der Waals surface area contributed by atoms with E-state index in [1.54, 1.807) is 0 Å². The zero-order chi connectivity index (χ0) is 12.4. The van der Waals surface area contributed by atoms with Crippen LogP contribution in [0.2, 0.25) is 39.3 Å². The van der Waals surface area contributed by atoms with E-state index < -0.39 is 16.6 Å². The van der Waals surface area contributed by atoms with E-state index in [1.807, 2.05) is 0 Å². The van der Waals surface area contributed by atoms with Crippen LogP contribution in [-0.2, 0) is 8.85 Å². The number of rotatable bonds is 4. The Bertz CT molecular complexity index is 306. The van der Waals surface area contributed by atoms with Crippen LogP contribution in [0.15, 0.2) is 23.7 Å². The summed E-state index contributed by atoms with van der Waals surface area (Å²) in [5.74, 6) is 2.05. The first kappa shape index (κ1) is 13.6. The lowest BCUT2D eigenvalue weighted by atomic mass is 10.1. The van der Waals surface area contributed by atoms with Gasteiger partial charge in [-0.15, -0.1) is 0 Å². The minimum atomic E-state index is -1.54. The second-order valence-corrected chi connectivity index (χ2v) is 15.0. The third-order valence-corrected chi connectivity index (χ3v) is 3.62. The van der Waals surface area contributed by atoms with Gasteiger partial charge in [-0.1, -0.05) is 6.08 Å². The second-order valence-electron chi connectivity index (χ2n) is 6.16. The Hall–Kier alpha value is -0.486. The number of hydrogen-bond donors (Lipinski definition) is 0. The molecule has 0 bridgehead atoms. The zero-order valence-corrected chi connectivity index (χ0v) is 13.4. The quantitative estimate of drug-likeness (QED) is 0.700. The predicted molar refractivity (Wildman–Crippen MR) is 74.3 cm³/mol. The molecule has 0 aromatic heterocycles. The first-order chi connectivity index (χ1) is 7.17. The van der Waals surface area contributed by atoms with Crippen LogP contribution in [0.3, 0.4) is 0 Å². The van der Waals surface area contributed by atoms with Crippen molar-refractivity contribution >= 4 is 16.6 Å². The van der Waals surface area contributed by atoms with Crippen LogP contribution in [0, 0.1) is 0 Å². The highest BCUT2D eigenvalue weighted by molar-refractivity contribution is 6.70. The molecule has 16 heavy (non-hydrogen) atoms. The molecule has 0 radical (unpaired) electrons. The Morgan fingerprint density at radius 3 is 2.00 bits per heavy atom. The minimum Gasteiger partial charge on any atom is -0.545 e. The molecule has 0 aromatic rings. The van der Waals surface area contributed by atoms with Gasteiger partial charge in [0.25, 0.3) is 0 Å². The van der Waals surface area contributed by atoms with Crippen LogP contribution in [0.4, 0.5) is 0 Å². The molecular formula is C12H24O2Si2. The van der Waals surface area contributed by atoms with E-state index in [0.717, 1.165) is 24.4 Å². The Morgan fingerprint density at radius 2 is 1.50 bits per heavy atom. The van der Waals surface area contributed by atoms with E-state index in [0.29, 0.717) is 0 Å². The van der Waals surface area contributed by atoms with Crippen LogP contribution in [-0.4, -0.2) is 16.6 Å². The Labute approximate surface area is 102 Å². The van der Waals surface area contributed by atoms with Crippen molar-refractivity contribution in [3.8, 4) is 0 Å². The van der Waals surface area contributed by atoms with Crippen molar-refractivity contribution in [3.63, 3.8) is 0 Å². The van der Waals surface area contributed by atoms with Gasteiger partial charge in [0.05, 0.1) is 0 Å². The SMILES string of the molecule is C[Si](C)(C)OC1=C(O[Si](C)(C)C)CCC=C1. The van der Waals surface area contributed by atoms with Gasteiger partial charge in [-0.3, -0.25) is 0 Å². The fourth-order valence-electron chi connectivity index (χ4n) is 1.51. The molecule has 0 unspecified atom stereocenters. The molecule has 0 aromatic carbocycles. The van der Waals surface area contributed by atoms with E-state index in [-0.39, 0.29) is 0 Å². The molecule has 0 aliphatic heterocycles. The molecule has 1 aliphatic carbocycles. The Morgan fingerprint density at radius 1 is 0.938 bits per heavy atom. The summed E-state index contributed by atoms with van der Waals surface area (Å²) in [6.45, 7) is 13.2. The maximum Gasteiger partial charge on any atom is 0.242 e. The molecule has 92 valence electrons. The van der Waals surface area contributed by atoms with Gasteiger partial charge in [-0.25, -0.2) is 0 Å². The Balaban J connectivity index is 2.85. The van der Waals surface area contributed by atoms with Crippen molar-refractivity contribution < 1.29 is 8.85 Å². The summed E-state index contributed by atoms with van der Waals surface area (Å²) in [6.07, 6.45) is 6.31. The highest BCUT2D eigenvalue weighted by atomic mass is 28.4. The lowest BCUT2D eigenvalue weighted by Crippen LogP contribution is -2.29. The van der Waals surface area contributed by atoms with Crippen LogP contribution >= 0.6 is 0 Å². The Kier molecular flexibility index (Phi) is 4.07. The van der Waals surface area contributed by atoms with E-state index in [9.17, 15) is 0 Å². The third-order valence-electron chi connectivity index (χ3n) is 1.93. The van der Waals surface area contributed by atoms with Crippen molar-refractivity contribution in [2.45, 2.75) is 52.1 Å². The molecule has 0 atom stereocenters. The first-order valence-electron chi connectivity index (χ1n) is 5.95. The van der Waals surface area contributed by atoms with Gasteiger partial charge in [0.1, 0.15) is 11.5 Å². The molecule has 0 amide bonds. The monoisotopic (exact) mass is 256 g/mol. The van der Waals surface area contributed by atoms with E-state index in [1.165, 1.54) is 0 Å². The van der Waals surface area contributed by atoms with Gasteiger partial charge < -0.3 is 8.85 Å². The minimum absolute atomic E-state index is 0.979. The summed E-state index contributed by atoms with van der Waals surface area (Å²) in [7, 11) is -3.05. The predicted octanol–water partition coefficient (Wildman–Crippen LogP) is 4.25. The number of hydrogen-bond acceptors (Lipinski definition) is 2. The molecule has 4 heteroatoms. The summed E-state index contributed by atoms with van der Waals surface area (Å²) in [5.41, 5.74) is 0. The standard InChI is InChI=1S/C12H24O2Si2/c1-15(2,3)13-11-9-7-8-10-12(11)14-16(4,5)6/h7,9H,8,10H2,1-6H3. The normalized spacial score (nSPS) is 17.6. The molecule has 0 fully saturated rings. The fourth-order valence-corrected chi connectivity index (χ4v) is 3.30. The molecule has 0 saturated carbocycles. The third kappa shape index (κ3) is 5.03. The van der Waals surface area contributed by atoms with Crippen LogP contribution in [0.1, 0.15) is 12.8 Å². The largest absolute Gasteiger partial charge is 0.545 e. The van der Waals surface area contributed by atoms with Crippen molar-refractivity contribution in [2.75, 3.05) is 0 Å². The molecule has 0 spiro atoms. The van der Waals surface area contributed by atoms with Crippen molar-refractivity contribution in [2.24, 2.45) is 0 Å². The van der Waals surface area contributed by atoms with Gasteiger partial charge in [-0.05, 0) is 51.8 Å². The van der Waals surface area contributed by atoms with Gasteiger partial charge in [0.2, 0.25) is 16.6 Å². The summed E-state index contributed by atoms with van der Waals surface area (Å²) in [6, 6.07) is 0. The average Bonchev–Trinajstić information content (AvgIpc) is 2.03. The smallest absolute Gasteiger partial charge is 0.242 e. The van der Waals surface area contributed by atoms with Crippen LogP contribution in [0.5, 0.6) is 0 Å². The molecule has 1 rings (SSSR count). The average molecular weight is 256 g/mol. The molecular weight excluding hydrogens is 232 g/mol. The summed E-state index contributed by atoms with van der Waals surface area (Å²) in [5, 5.41) is 0. The highest BCUT2D eigenvalue weighted by Crippen LogP contribution is 2.26. The molecule has 0 heterocycles. The first-order valence-corrected chi connectivity index (χ1v) is 12.8. The van der Waals surface area contributed by atoms with Crippen molar-refractivity contribution in [1.29, 1.82) is 0 Å². The molecule has 2 nitrogen and oxygen atoms in total. The zero-order valence-electron chi connectivity index (χ0n) is 11.4. The molecule has 1 aliphatic rings. The van der Waals surface area contributed by atoms with E-state index in [4.69, 9.17) is 8.85 Å². The molecule has 0 saturated heterocycles. The van der Waals surface area contributed by atoms with Gasteiger partial charge in [0, 0.05) is 6.42 Å². The van der Waals surface area contributed by atoms with Crippen LogP contribution < -0.4 is 0 Å². The topological polar surface area (TPSA) is 18.5 Å². The van der Waals surface area contributed by atoms with E-state index in [2.05, 4.69) is 51.4 Å². The number of allylic oxidation sites excluding steroid dienone is 3. The van der Waals surface area contributed by atoms with Crippen molar-refractivity contribution in [3.05, 3.63) is 23.7 Å². The lowest BCUT2D eigenvalue weighted by molar-refractivity contribution is 0.334. The van der Waals surface area contributed by atoms with Crippen molar-refractivity contribution in [1.82, 2.24) is 0 Å². The van der Waals surface area contributed by atoms with E-state index >= 15 is 0 Å². The van der Waals surface area contributed by atoms with Gasteiger partial charge in [-0.2, -0.15) is 0 Å². The van der Waals surface area contributed by atoms with Gasteiger partial charge in [0.15, 0.2) is 0 Å². The van der Waals surface area contributed by atoms with Gasteiger partial charge >= 0.3 is 0 Å². The lowest BCUT2D eigenvalue weighted by Gasteiger charge is -2.28. The summed E-state index contributed by atoms with van der Waals surface area (Å²) >= 11 is 0. The maximum atomic E-state index is 6.10. The second kappa shape index (κ2) is 4.79.